The van der Waals surface area contributed by atoms with E-state index in [1.807, 2.05) is 0 Å². The largest absolute Gasteiger partial charge is 0.396 e. The van der Waals surface area contributed by atoms with Crippen LogP contribution in [0.3, 0.4) is 0 Å². The molecule has 0 saturated heterocycles. The zero-order valence-corrected chi connectivity index (χ0v) is 10.0. The molecule has 1 aromatic carbocycles. The van der Waals surface area contributed by atoms with Gasteiger partial charge >= 0.3 is 0 Å². The van der Waals surface area contributed by atoms with Gasteiger partial charge < -0.3 is 5.11 Å². The Labute approximate surface area is 93.1 Å². The number of benzene rings is 1. The summed E-state index contributed by atoms with van der Waals surface area (Å²) in [6.07, 6.45) is 2.26. The lowest BCUT2D eigenvalue weighted by Crippen LogP contribution is -2.08. The summed E-state index contributed by atoms with van der Waals surface area (Å²) in [5.74, 6) is 0.988. The Balaban J connectivity index is 2.73. The van der Waals surface area contributed by atoms with Crippen LogP contribution >= 0.6 is 0 Å². The van der Waals surface area contributed by atoms with Crippen LogP contribution in [0.1, 0.15) is 43.7 Å². The van der Waals surface area contributed by atoms with Crippen molar-refractivity contribution in [2.75, 3.05) is 6.61 Å². The Morgan fingerprint density at radius 1 is 1.33 bits per heavy atom. The molecule has 1 N–H and O–H groups in total. The predicted molar refractivity (Wildman–Crippen MR) is 65.1 cm³/mol. The topological polar surface area (TPSA) is 20.2 Å². The van der Waals surface area contributed by atoms with E-state index in [2.05, 4.69) is 45.0 Å². The van der Waals surface area contributed by atoms with Gasteiger partial charge in [-0.2, -0.15) is 0 Å². The van der Waals surface area contributed by atoms with Crippen molar-refractivity contribution in [1.82, 2.24) is 0 Å². The van der Waals surface area contributed by atoms with Crippen LogP contribution in [0, 0.1) is 12.8 Å². The van der Waals surface area contributed by atoms with Crippen molar-refractivity contribution < 1.29 is 5.11 Å². The first-order chi connectivity index (χ1) is 7.17. The van der Waals surface area contributed by atoms with Gasteiger partial charge in [-0.05, 0) is 24.8 Å². The van der Waals surface area contributed by atoms with Crippen molar-refractivity contribution in [3.63, 3.8) is 0 Å². The summed E-state index contributed by atoms with van der Waals surface area (Å²) in [5, 5.41) is 9.41. The summed E-state index contributed by atoms with van der Waals surface area (Å²) < 4.78 is 0. The van der Waals surface area contributed by atoms with Crippen LogP contribution in [0.4, 0.5) is 0 Å². The summed E-state index contributed by atoms with van der Waals surface area (Å²) >= 11 is 0. The Morgan fingerprint density at radius 3 is 2.60 bits per heavy atom. The summed E-state index contributed by atoms with van der Waals surface area (Å²) in [4.78, 5) is 0. The zero-order valence-electron chi connectivity index (χ0n) is 10.0. The maximum absolute atomic E-state index is 9.41. The van der Waals surface area contributed by atoms with E-state index >= 15 is 0 Å². The molecule has 1 nitrogen and oxygen atoms in total. The van der Waals surface area contributed by atoms with Gasteiger partial charge in [0.25, 0.3) is 0 Å². The summed E-state index contributed by atoms with van der Waals surface area (Å²) in [6, 6.07) is 8.48. The number of aryl methyl sites for hydroxylation is 1. The first-order valence-corrected chi connectivity index (χ1v) is 5.84. The fourth-order valence-electron chi connectivity index (χ4n) is 1.89. The molecular formula is C14H22O. The third-order valence-corrected chi connectivity index (χ3v) is 3.12. The lowest BCUT2D eigenvalue weighted by atomic mass is 9.88. The minimum Gasteiger partial charge on any atom is -0.396 e. The number of hydrogen-bond donors (Lipinski definition) is 1. The molecule has 0 amide bonds. The van der Waals surface area contributed by atoms with E-state index in [0.29, 0.717) is 11.8 Å². The molecule has 15 heavy (non-hydrogen) atoms. The lowest BCUT2D eigenvalue weighted by Gasteiger charge is -2.18. The molecule has 0 heterocycles. The van der Waals surface area contributed by atoms with Crippen LogP contribution in [0.5, 0.6) is 0 Å². The molecule has 1 aromatic rings. The van der Waals surface area contributed by atoms with Crippen molar-refractivity contribution in [2.45, 2.75) is 39.5 Å². The molecule has 0 radical (unpaired) electrons. The van der Waals surface area contributed by atoms with Gasteiger partial charge in [0.1, 0.15) is 0 Å². The number of aliphatic hydroxyl groups excluding tert-OH is 1. The Morgan fingerprint density at radius 2 is 2.07 bits per heavy atom. The van der Waals surface area contributed by atoms with Gasteiger partial charge in [-0.1, -0.05) is 50.1 Å². The minimum absolute atomic E-state index is 0.258. The molecule has 0 aliphatic carbocycles. The summed E-state index contributed by atoms with van der Waals surface area (Å²) in [5.41, 5.74) is 2.55. The fourth-order valence-corrected chi connectivity index (χ4v) is 1.89. The molecule has 0 aromatic heterocycles. The van der Waals surface area contributed by atoms with E-state index < -0.39 is 0 Å². The molecule has 0 fully saturated rings. The fraction of sp³-hybridized carbons (Fsp3) is 0.571. The normalized spacial score (nSPS) is 14.9. The van der Waals surface area contributed by atoms with E-state index in [9.17, 15) is 5.11 Å². The molecule has 84 valence electrons. The maximum Gasteiger partial charge on any atom is 0.0499 e. The molecule has 0 aliphatic rings. The number of rotatable bonds is 5. The van der Waals surface area contributed by atoms with Crippen LogP contribution in [-0.2, 0) is 0 Å². The first kappa shape index (κ1) is 12.3. The highest BCUT2D eigenvalue weighted by Gasteiger charge is 2.13. The predicted octanol–water partition coefficient (Wildman–Crippen LogP) is 3.51. The Kier molecular flexibility index (Phi) is 4.83. The lowest BCUT2D eigenvalue weighted by molar-refractivity contribution is 0.245. The average molecular weight is 206 g/mol. The zero-order chi connectivity index (χ0) is 11.3. The highest BCUT2D eigenvalue weighted by atomic mass is 16.3. The van der Waals surface area contributed by atoms with Crippen LogP contribution in [0.25, 0.3) is 0 Å². The molecule has 0 spiro atoms. The van der Waals surface area contributed by atoms with Gasteiger partial charge in [-0.15, -0.1) is 0 Å². The molecule has 0 aliphatic heterocycles. The van der Waals surface area contributed by atoms with Crippen LogP contribution < -0.4 is 0 Å². The quantitative estimate of drug-likeness (QED) is 0.781. The number of hydrogen-bond acceptors (Lipinski definition) is 1. The van der Waals surface area contributed by atoms with E-state index in [1.54, 1.807) is 0 Å². The summed E-state index contributed by atoms with van der Waals surface area (Å²) in [7, 11) is 0. The molecule has 1 rings (SSSR count). The third-order valence-electron chi connectivity index (χ3n) is 3.12. The SMILES string of the molecule is CCC(C)CC(CO)c1cccc(C)c1. The highest BCUT2D eigenvalue weighted by Crippen LogP contribution is 2.25. The van der Waals surface area contributed by atoms with Crippen molar-refractivity contribution in [3.05, 3.63) is 35.4 Å². The van der Waals surface area contributed by atoms with Crippen molar-refractivity contribution >= 4 is 0 Å². The van der Waals surface area contributed by atoms with Crippen molar-refractivity contribution in [1.29, 1.82) is 0 Å². The van der Waals surface area contributed by atoms with Gasteiger partial charge in [0.2, 0.25) is 0 Å². The molecule has 1 heteroatoms. The van der Waals surface area contributed by atoms with Gasteiger partial charge in [0.05, 0.1) is 0 Å². The molecule has 2 unspecified atom stereocenters. The smallest absolute Gasteiger partial charge is 0.0499 e. The van der Waals surface area contributed by atoms with Crippen LogP contribution in [-0.4, -0.2) is 11.7 Å². The molecule has 2 atom stereocenters. The van der Waals surface area contributed by atoms with Crippen LogP contribution in [0.15, 0.2) is 24.3 Å². The van der Waals surface area contributed by atoms with Gasteiger partial charge in [-0.3, -0.25) is 0 Å². The standard InChI is InChI=1S/C14H22O/c1-4-11(2)8-14(10-15)13-7-5-6-12(3)9-13/h5-7,9,11,14-15H,4,8,10H2,1-3H3. The van der Waals surface area contributed by atoms with Crippen molar-refractivity contribution in [2.24, 2.45) is 5.92 Å². The van der Waals surface area contributed by atoms with Gasteiger partial charge in [0.15, 0.2) is 0 Å². The average Bonchev–Trinajstić information content (AvgIpc) is 2.25. The second-order valence-electron chi connectivity index (χ2n) is 4.54. The van der Waals surface area contributed by atoms with E-state index in [0.717, 1.165) is 6.42 Å². The molecule has 0 saturated carbocycles. The Bertz CT molecular complexity index is 293. The second-order valence-corrected chi connectivity index (χ2v) is 4.54. The molecule has 0 bridgehead atoms. The highest BCUT2D eigenvalue weighted by molar-refractivity contribution is 5.25. The van der Waals surface area contributed by atoms with Gasteiger partial charge in [-0.25, -0.2) is 0 Å². The monoisotopic (exact) mass is 206 g/mol. The number of aliphatic hydroxyl groups is 1. The maximum atomic E-state index is 9.41. The van der Waals surface area contributed by atoms with Gasteiger partial charge in [0, 0.05) is 12.5 Å². The second kappa shape index (κ2) is 5.92. The first-order valence-electron chi connectivity index (χ1n) is 5.84. The summed E-state index contributed by atoms with van der Waals surface area (Å²) in [6.45, 7) is 6.81. The Hall–Kier alpha value is -0.820. The van der Waals surface area contributed by atoms with E-state index in [1.165, 1.54) is 17.5 Å². The van der Waals surface area contributed by atoms with Crippen LogP contribution in [0.2, 0.25) is 0 Å². The third kappa shape index (κ3) is 3.67. The van der Waals surface area contributed by atoms with E-state index in [4.69, 9.17) is 0 Å². The molecular weight excluding hydrogens is 184 g/mol. The minimum atomic E-state index is 0.258. The van der Waals surface area contributed by atoms with Crippen molar-refractivity contribution in [3.8, 4) is 0 Å². The van der Waals surface area contributed by atoms with E-state index in [-0.39, 0.29) is 6.61 Å².